The summed E-state index contributed by atoms with van der Waals surface area (Å²) in [5.41, 5.74) is 0.312. The van der Waals surface area contributed by atoms with Gasteiger partial charge in [-0.05, 0) is 31.2 Å². The summed E-state index contributed by atoms with van der Waals surface area (Å²) in [7, 11) is 0. The lowest BCUT2D eigenvalue weighted by Crippen LogP contribution is -2.23. The highest BCUT2D eigenvalue weighted by molar-refractivity contribution is 6.33. The highest BCUT2D eigenvalue weighted by atomic mass is 35.5. The van der Waals surface area contributed by atoms with Crippen LogP contribution in [-0.4, -0.2) is 33.4 Å². The van der Waals surface area contributed by atoms with Crippen LogP contribution in [0.15, 0.2) is 59.3 Å². The lowest BCUT2D eigenvalue weighted by Gasteiger charge is -2.10. The Balaban J connectivity index is 1.52. The topological polar surface area (TPSA) is 123 Å². The van der Waals surface area contributed by atoms with Gasteiger partial charge in [-0.25, -0.2) is 13.9 Å². The van der Waals surface area contributed by atoms with Crippen LogP contribution in [0.3, 0.4) is 0 Å². The number of amides is 1. The molecule has 170 valence electrons. The Hall–Kier alpha value is -4.49. The van der Waals surface area contributed by atoms with Crippen LogP contribution in [0.5, 0.6) is 0 Å². The molecule has 0 unspecified atom stereocenters. The zero-order valence-electron chi connectivity index (χ0n) is 17.6. The van der Waals surface area contributed by atoms with Crippen LogP contribution in [-0.2, 0) is 9.53 Å². The number of rotatable bonds is 6. The van der Waals surface area contributed by atoms with Crippen LogP contribution in [0.2, 0.25) is 5.02 Å². The number of nitriles is 1. The van der Waals surface area contributed by atoms with E-state index in [0.717, 1.165) is 6.07 Å². The number of anilines is 1. The van der Waals surface area contributed by atoms with E-state index in [-0.39, 0.29) is 39.0 Å². The molecule has 0 fully saturated rings. The molecule has 2 aromatic carbocycles. The number of aryl methyl sites for hydroxylation is 1. The zero-order valence-corrected chi connectivity index (χ0v) is 18.3. The molecular formula is C23H15ClFN5O4. The van der Waals surface area contributed by atoms with Gasteiger partial charge in [-0.15, -0.1) is 0 Å². The van der Waals surface area contributed by atoms with Crippen LogP contribution in [0.4, 0.5) is 10.2 Å². The SMILES string of the molecule is Cc1onc(-c2c(F)cccc2Cl)c1C(=O)OCC(=O)Nc1c(C#N)cnn1-c1ccccc1. The van der Waals surface area contributed by atoms with Crippen molar-refractivity contribution < 1.29 is 23.2 Å². The minimum absolute atomic E-state index is 0.0262. The van der Waals surface area contributed by atoms with Crippen LogP contribution < -0.4 is 5.32 Å². The molecule has 2 aromatic heterocycles. The number of carbonyl (C=O) groups excluding carboxylic acids is 2. The van der Waals surface area contributed by atoms with Crippen molar-refractivity contribution in [3.63, 3.8) is 0 Å². The summed E-state index contributed by atoms with van der Waals surface area (Å²) in [5.74, 6) is -2.20. The van der Waals surface area contributed by atoms with E-state index in [4.69, 9.17) is 20.9 Å². The summed E-state index contributed by atoms with van der Waals surface area (Å²) in [5, 5.41) is 19.8. The third-order valence-corrected chi connectivity index (χ3v) is 5.06. The van der Waals surface area contributed by atoms with Crippen molar-refractivity contribution in [1.29, 1.82) is 5.26 Å². The minimum Gasteiger partial charge on any atom is -0.452 e. The number of nitrogens with one attached hydrogen (secondary N) is 1. The van der Waals surface area contributed by atoms with Gasteiger partial charge in [-0.2, -0.15) is 10.4 Å². The number of hydrogen-bond donors (Lipinski definition) is 1. The van der Waals surface area contributed by atoms with Gasteiger partial charge in [0.05, 0.1) is 22.5 Å². The molecule has 0 radical (unpaired) electrons. The van der Waals surface area contributed by atoms with Gasteiger partial charge in [0.2, 0.25) is 0 Å². The molecule has 0 spiro atoms. The first-order valence-corrected chi connectivity index (χ1v) is 10.2. The van der Waals surface area contributed by atoms with Crippen molar-refractivity contribution in [3.8, 4) is 23.0 Å². The van der Waals surface area contributed by atoms with Crippen molar-refractivity contribution in [2.45, 2.75) is 6.92 Å². The predicted molar refractivity (Wildman–Crippen MR) is 119 cm³/mol. The van der Waals surface area contributed by atoms with Crippen molar-refractivity contribution in [3.05, 3.63) is 82.5 Å². The Morgan fingerprint density at radius 1 is 1.24 bits per heavy atom. The van der Waals surface area contributed by atoms with E-state index in [1.807, 2.05) is 12.1 Å². The van der Waals surface area contributed by atoms with Gasteiger partial charge in [0.25, 0.3) is 5.91 Å². The van der Waals surface area contributed by atoms with Crippen molar-refractivity contribution in [1.82, 2.24) is 14.9 Å². The first-order valence-electron chi connectivity index (χ1n) is 9.82. The van der Waals surface area contributed by atoms with Gasteiger partial charge in [-0.1, -0.05) is 41.0 Å². The third-order valence-electron chi connectivity index (χ3n) is 4.75. The average Bonchev–Trinajstić information content (AvgIpc) is 3.41. The second kappa shape index (κ2) is 9.56. The number of para-hydroxylation sites is 1. The number of aromatic nitrogens is 3. The monoisotopic (exact) mass is 479 g/mol. The van der Waals surface area contributed by atoms with E-state index >= 15 is 0 Å². The fraction of sp³-hybridized carbons (Fsp3) is 0.0870. The molecule has 11 heteroatoms. The Morgan fingerprint density at radius 2 is 2.00 bits per heavy atom. The van der Waals surface area contributed by atoms with Gasteiger partial charge in [0.1, 0.15) is 34.5 Å². The Morgan fingerprint density at radius 3 is 2.71 bits per heavy atom. The summed E-state index contributed by atoms with van der Waals surface area (Å²) in [6, 6.07) is 14.8. The molecule has 1 amide bonds. The van der Waals surface area contributed by atoms with Gasteiger partial charge in [0, 0.05) is 0 Å². The second-order valence-corrected chi connectivity index (χ2v) is 7.36. The quantitative estimate of drug-likeness (QED) is 0.409. The van der Waals surface area contributed by atoms with E-state index in [9.17, 15) is 19.2 Å². The number of esters is 1. The molecular weight excluding hydrogens is 465 g/mol. The van der Waals surface area contributed by atoms with Gasteiger partial charge < -0.3 is 14.6 Å². The van der Waals surface area contributed by atoms with Crippen LogP contribution in [0, 0.1) is 24.1 Å². The Labute approximate surface area is 197 Å². The van der Waals surface area contributed by atoms with Gasteiger partial charge >= 0.3 is 5.97 Å². The highest BCUT2D eigenvalue weighted by Gasteiger charge is 2.27. The second-order valence-electron chi connectivity index (χ2n) is 6.95. The van der Waals surface area contributed by atoms with Crippen LogP contribution in [0.25, 0.3) is 16.9 Å². The first kappa shape index (κ1) is 22.7. The Bertz CT molecular complexity index is 1400. The molecule has 0 saturated heterocycles. The normalized spacial score (nSPS) is 10.5. The molecule has 0 aliphatic heterocycles. The molecule has 1 N–H and O–H groups in total. The number of hydrogen-bond acceptors (Lipinski definition) is 7. The predicted octanol–water partition coefficient (Wildman–Crippen LogP) is 4.30. The molecule has 4 rings (SSSR count). The van der Waals surface area contributed by atoms with E-state index in [0.29, 0.717) is 5.69 Å². The standard InChI is InChI=1S/C23H15ClFN5O4/c1-13-19(21(29-34-13)20-16(24)8-5-9-17(20)25)23(32)33-12-18(31)28-22-14(10-26)11-27-30(22)15-6-3-2-4-7-15/h2-9,11H,12H2,1H3,(H,28,31). The van der Waals surface area contributed by atoms with Gasteiger partial charge in [0.15, 0.2) is 12.4 Å². The number of carbonyl (C=O) groups is 2. The summed E-state index contributed by atoms with van der Waals surface area (Å²) >= 11 is 6.08. The molecule has 0 aliphatic rings. The summed E-state index contributed by atoms with van der Waals surface area (Å²) in [6.45, 7) is 0.748. The van der Waals surface area contributed by atoms with Crippen molar-refractivity contribution in [2.75, 3.05) is 11.9 Å². The Kier molecular flexibility index (Phi) is 6.38. The third kappa shape index (κ3) is 4.37. The molecule has 0 aliphatic carbocycles. The summed E-state index contributed by atoms with van der Waals surface area (Å²) in [4.78, 5) is 25.2. The van der Waals surface area contributed by atoms with Crippen LogP contribution >= 0.6 is 11.6 Å². The maximum Gasteiger partial charge on any atom is 0.344 e. The molecule has 2 heterocycles. The van der Waals surface area contributed by atoms with Crippen LogP contribution in [0.1, 0.15) is 21.7 Å². The maximum atomic E-state index is 14.3. The molecule has 34 heavy (non-hydrogen) atoms. The zero-order chi connectivity index (χ0) is 24.2. The number of halogens is 2. The smallest absolute Gasteiger partial charge is 0.344 e. The molecule has 0 bridgehead atoms. The first-order chi connectivity index (χ1) is 16.4. The molecule has 4 aromatic rings. The van der Waals surface area contributed by atoms with E-state index < -0.39 is 24.3 Å². The number of benzene rings is 2. The fourth-order valence-electron chi connectivity index (χ4n) is 3.19. The average molecular weight is 480 g/mol. The van der Waals surface area contributed by atoms with E-state index in [1.165, 1.54) is 29.9 Å². The lowest BCUT2D eigenvalue weighted by atomic mass is 10.1. The van der Waals surface area contributed by atoms with Gasteiger partial charge in [-0.3, -0.25) is 4.79 Å². The molecule has 0 saturated carbocycles. The largest absolute Gasteiger partial charge is 0.452 e. The van der Waals surface area contributed by atoms with E-state index in [2.05, 4.69) is 15.6 Å². The lowest BCUT2D eigenvalue weighted by molar-refractivity contribution is -0.119. The van der Waals surface area contributed by atoms with Crippen molar-refractivity contribution in [2.24, 2.45) is 0 Å². The van der Waals surface area contributed by atoms with E-state index in [1.54, 1.807) is 24.3 Å². The summed E-state index contributed by atoms with van der Waals surface area (Å²) in [6.07, 6.45) is 1.31. The number of ether oxygens (including phenoxy) is 1. The highest BCUT2D eigenvalue weighted by Crippen LogP contribution is 2.33. The maximum absolute atomic E-state index is 14.3. The number of nitrogens with zero attached hydrogens (tertiary/aromatic N) is 4. The van der Waals surface area contributed by atoms with Crippen molar-refractivity contribution >= 4 is 29.3 Å². The molecule has 0 atom stereocenters. The molecule has 9 nitrogen and oxygen atoms in total. The summed E-state index contributed by atoms with van der Waals surface area (Å²) < 4.78 is 25.9. The minimum atomic E-state index is -0.958. The fourth-order valence-corrected chi connectivity index (χ4v) is 3.45.